The highest BCUT2D eigenvalue weighted by Crippen LogP contribution is 2.25. The van der Waals surface area contributed by atoms with Gasteiger partial charge in [0.25, 0.3) is 0 Å². The zero-order valence-electron chi connectivity index (χ0n) is 12.6. The van der Waals surface area contributed by atoms with Crippen LogP contribution in [-0.4, -0.2) is 21.2 Å². The van der Waals surface area contributed by atoms with Crippen molar-refractivity contribution >= 4 is 5.97 Å². The van der Waals surface area contributed by atoms with E-state index in [2.05, 4.69) is 43.0 Å². The average Bonchev–Trinajstić information content (AvgIpc) is 2.86. The van der Waals surface area contributed by atoms with Crippen molar-refractivity contribution < 1.29 is 14.4 Å². The Hall–Kier alpha value is -2.17. The van der Waals surface area contributed by atoms with Crippen molar-refractivity contribution in [3.8, 4) is 11.4 Å². The Morgan fingerprint density at radius 3 is 2.48 bits per heavy atom. The predicted octanol–water partition coefficient (Wildman–Crippen LogP) is 3.44. The molecule has 21 heavy (non-hydrogen) atoms. The second kappa shape index (κ2) is 6.08. The van der Waals surface area contributed by atoms with Gasteiger partial charge in [-0.2, -0.15) is 4.98 Å². The lowest BCUT2D eigenvalue weighted by Gasteiger charge is -2.18. The molecule has 0 aliphatic carbocycles. The molecule has 0 spiro atoms. The van der Waals surface area contributed by atoms with Gasteiger partial charge in [0, 0.05) is 18.4 Å². The molecule has 2 aromatic rings. The van der Waals surface area contributed by atoms with Gasteiger partial charge in [0.15, 0.2) is 0 Å². The van der Waals surface area contributed by atoms with Crippen LogP contribution in [-0.2, 0) is 16.6 Å². The first kappa shape index (κ1) is 15.2. The molecular weight excluding hydrogens is 268 g/mol. The molecule has 0 bridgehead atoms. The maximum absolute atomic E-state index is 10.5. The van der Waals surface area contributed by atoms with Crippen LogP contribution in [0, 0.1) is 0 Å². The molecule has 0 aliphatic rings. The normalized spacial score (nSPS) is 11.6. The number of nitrogens with zero attached hydrogens (tertiary/aromatic N) is 2. The molecule has 1 aromatic carbocycles. The van der Waals surface area contributed by atoms with Gasteiger partial charge in [0.1, 0.15) is 0 Å². The number of rotatable bonds is 5. The number of aryl methyl sites for hydroxylation is 1. The number of hydrogen-bond acceptors (Lipinski definition) is 4. The van der Waals surface area contributed by atoms with Gasteiger partial charge in [-0.1, -0.05) is 50.2 Å². The maximum Gasteiger partial charge on any atom is 0.303 e. The van der Waals surface area contributed by atoms with Crippen LogP contribution in [0.3, 0.4) is 0 Å². The first-order valence-corrected chi connectivity index (χ1v) is 7.01. The van der Waals surface area contributed by atoms with Crippen LogP contribution >= 0.6 is 0 Å². The second-order valence-corrected chi connectivity index (χ2v) is 6.09. The van der Waals surface area contributed by atoms with Gasteiger partial charge in [0.2, 0.25) is 11.7 Å². The van der Waals surface area contributed by atoms with Crippen LogP contribution in [0.5, 0.6) is 0 Å². The lowest BCUT2D eigenvalue weighted by atomic mass is 9.87. The molecular formula is C16H20N2O3. The summed E-state index contributed by atoms with van der Waals surface area (Å²) in [6, 6.07) is 8.09. The monoisotopic (exact) mass is 288 g/mol. The third-order valence-corrected chi connectivity index (χ3v) is 3.26. The molecule has 112 valence electrons. The molecule has 0 saturated heterocycles. The molecule has 0 saturated carbocycles. The Labute approximate surface area is 124 Å². The van der Waals surface area contributed by atoms with Gasteiger partial charge in [-0.05, 0) is 17.4 Å². The van der Waals surface area contributed by atoms with Crippen LogP contribution in [0.15, 0.2) is 28.8 Å². The summed E-state index contributed by atoms with van der Waals surface area (Å²) in [5.74, 6) is 0.208. The van der Waals surface area contributed by atoms with E-state index in [4.69, 9.17) is 9.63 Å². The molecule has 1 aromatic heterocycles. The fourth-order valence-electron chi connectivity index (χ4n) is 1.98. The summed E-state index contributed by atoms with van der Waals surface area (Å²) in [7, 11) is 0. The van der Waals surface area contributed by atoms with E-state index in [-0.39, 0.29) is 11.8 Å². The first-order chi connectivity index (χ1) is 9.86. The molecule has 5 heteroatoms. The van der Waals surface area contributed by atoms with Crippen LogP contribution in [0.4, 0.5) is 0 Å². The summed E-state index contributed by atoms with van der Waals surface area (Å²) < 4.78 is 5.14. The molecule has 5 nitrogen and oxygen atoms in total. The van der Waals surface area contributed by atoms with Crippen molar-refractivity contribution in [2.24, 2.45) is 0 Å². The van der Waals surface area contributed by atoms with E-state index in [1.165, 1.54) is 5.56 Å². The lowest BCUT2D eigenvalue weighted by molar-refractivity contribution is -0.137. The highest BCUT2D eigenvalue weighted by molar-refractivity contribution is 5.66. The minimum Gasteiger partial charge on any atom is -0.481 e. The molecule has 0 atom stereocenters. The van der Waals surface area contributed by atoms with Crippen molar-refractivity contribution in [3.05, 3.63) is 35.7 Å². The number of benzene rings is 1. The summed E-state index contributed by atoms with van der Waals surface area (Å²) >= 11 is 0. The second-order valence-electron chi connectivity index (χ2n) is 6.09. The highest BCUT2D eigenvalue weighted by Gasteiger charge is 2.14. The molecule has 0 radical (unpaired) electrons. The summed E-state index contributed by atoms with van der Waals surface area (Å²) in [4.78, 5) is 14.8. The zero-order chi connectivity index (χ0) is 15.5. The quantitative estimate of drug-likeness (QED) is 0.912. The number of carboxylic acids is 1. The molecule has 2 rings (SSSR count). The molecule has 1 N–H and O–H groups in total. The smallest absolute Gasteiger partial charge is 0.303 e. The fourth-order valence-corrected chi connectivity index (χ4v) is 1.98. The summed E-state index contributed by atoms with van der Waals surface area (Å²) in [5, 5.41) is 12.5. The average molecular weight is 288 g/mol. The van der Waals surface area contributed by atoms with Crippen molar-refractivity contribution in [3.63, 3.8) is 0 Å². The van der Waals surface area contributed by atoms with Gasteiger partial charge in [-0.15, -0.1) is 0 Å². The maximum atomic E-state index is 10.5. The molecule has 0 aliphatic heterocycles. The van der Waals surface area contributed by atoms with Crippen molar-refractivity contribution in [1.29, 1.82) is 0 Å². The topological polar surface area (TPSA) is 76.2 Å². The van der Waals surface area contributed by atoms with Crippen LogP contribution in [0.25, 0.3) is 11.4 Å². The molecule has 1 heterocycles. The SMILES string of the molecule is CC(C)(C)c1ccc(-c2noc(CCCC(=O)O)n2)cc1. The third-order valence-electron chi connectivity index (χ3n) is 3.26. The number of hydrogen-bond donors (Lipinski definition) is 1. The van der Waals surface area contributed by atoms with E-state index in [0.29, 0.717) is 24.6 Å². The number of carbonyl (C=O) groups is 1. The summed E-state index contributed by atoms with van der Waals surface area (Å²) in [5.41, 5.74) is 2.25. The molecule has 0 fully saturated rings. The Kier molecular flexibility index (Phi) is 4.40. The Morgan fingerprint density at radius 1 is 1.24 bits per heavy atom. The Morgan fingerprint density at radius 2 is 1.90 bits per heavy atom. The minimum absolute atomic E-state index is 0.109. The lowest BCUT2D eigenvalue weighted by Crippen LogP contribution is -2.10. The molecule has 0 unspecified atom stereocenters. The van der Waals surface area contributed by atoms with Gasteiger partial charge >= 0.3 is 5.97 Å². The van der Waals surface area contributed by atoms with E-state index < -0.39 is 5.97 Å². The predicted molar refractivity (Wildman–Crippen MR) is 79.0 cm³/mol. The Bertz CT molecular complexity index is 609. The number of aromatic nitrogens is 2. The van der Waals surface area contributed by atoms with Gasteiger partial charge in [-0.3, -0.25) is 4.79 Å². The van der Waals surface area contributed by atoms with Crippen molar-refractivity contribution in [2.75, 3.05) is 0 Å². The number of carboxylic acid groups (broad SMARTS) is 1. The van der Waals surface area contributed by atoms with E-state index in [9.17, 15) is 4.79 Å². The molecule has 0 amide bonds. The van der Waals surface area contributed by atoms with Gasteiger partial charge < -0.3 is 9.63 Å². The van der Waals surface area contributed by atoms with E-state index in [0.717, 1.165) is 5.56 Å². The van der Waals surface area contributed by atoms with E-state index in [1.807, 2.05) is 12.1 Å². The Balaban J connectivity index is 2.05. The van der Waals surface area contributed by atoms with Gasteiger partial charge in [-0.25, -0.2) is 0 Å². The number of aliphatic carboxylic acids is 1. The largest absolute Gasteiger partial charge is 0.481 e. The summed E-state index contributed by atoms with van der Waals surface area (Å²) in [6.07, 6.45) is 1.09. The van der Waals surface area contributed by atoms with Crippen molar-refractivity contribution in [1.82, 2.24) is 10.1 Å². The van der Waals surface area contributed by atoms with E-state index >= 15 is 0 Å². The van der Waals surface area contributed by atoms with Crippen LogP contribution < -0.4 is 0 Å². The highest BCUT2D eigenvalue weighted by atomic mass is 16.5. The van der Waals surface area contributed by atoms with Gasteiger partial charge in [0.05, 0.1) is 0 Å². The standard InChI is InChI=1S/C16H20N2O3/c1-16(2,3)12-9-7-11(8-10-12)15-17-13(21-18-15)5-4-6-14(19)20/h7-10H,4-6H2,1-3H3,(H,19,20). The zero-order valence-corrected chi connectivity index (χ0v) is 12.6. The van der Waals surface area contributed by atoms with Crippen LogP contribution in [0.2, 0.25) is 0 Å². The third kappa shape index (κ3) is 4.15. The summed E-state index contributed by atoms with van der Waals surface area (Å²) in [6.45, 7) is 6.49. The minimum atomic E-state index is -0.812. The van der Waals surface area contributed by atoms with E-state index in [1.54, 1.807) is 0 Å². The van der Waals surface area contributed by atoms with Crippen molar-refractivity contribution in [2.45, 2.75) is 45.4 Å². The van der Waals surface area contributed by atoms with Crippen LogP contribution in [0.1, 0.15) is 45.1 Å². The first-order valence-electron chi connectivity index (χ1n) is 7.01. The fraction of sp³-hybridized carbons (Fsp3) is 0.438.